The van der Waals surface area contributed by atoms with Crippen LogP contribution in [0.1, 0.15) is 11.3 Å². The van der Waals surface area contributed by atoms with Gasteiger partial charge < -0.3 is 19.4 Å². The summed E-state index contributed by atoms with van der Waals surface area (Å²) in [5.74, 6) is 1.59. The van der Waals surface area contributed by atoms with Crippen LogP contribution >= 0.6 is 0 Å². The number of nitrogens with zero attached hydrogens (tertiary/aromatic N) is 3. The fourth-order valence-electron chi connectivity index (χ4n) is 2.78. The number of benzene rings is 2. The molecular formula is C20H16N4O5. The lowest BCUT2D eigenvalue weighted by Gasteiger charge is -2.04. The van der Waals surface area contributed by atoms with E-state index < -0.39 is 4.92 Å². The van der Waals surface area contributed by atoms with Crippen LogP contribution in [0.25, 0.3) is 23.0 Å². The number of nitrogen functional groups attached to an aromatic ring is 1. The summed E-state index contributed by atoms with van der Waals surface area (Å²) in [6, 6.07) is 15.0. The molecule has 0 bridgehead atoms. The van der Waals surface area contributed by atoms with Crippen LogP contribution in [0.5, 0.6) is 5.75 Å². The largest absolute Gasteiger partial charge is 0.479 e. The molecule has 4 aromatic rings. The Morgan fingerprint density at radius 2 is 1.97 bits per heavy atom. The molecule has 0 fully saturated rings. The number of ether oxygens (including phenoxy) is 1. The Labute approximate surface area is 164 Å². The highest BCUT2D eigenvalue weighted by Crippen LogP contribution is 2.29. The van der Waals surface area contributed by atoms with Gasteiger partial charge in [-0.1, -0.05) is 29.4 Å². The molecule has 0 saturated carbocycles. The molecule has 0 radical (unpaired) electrons. The molecule has 0 spiro atoms. The van der Waals surface area contributed by atoms with Crippen LogP contribution in [-0.2, 0) is 6.61 Å². The molecule has 2 N–H and O–H groups in total. The summed E-state index contributed by atoms with van der Waals surface area (Å²) < 4.78 is 16.5. The molecule has 2 aromatic carbocycles. The van der Waals surface area contributed by atoms with Crippen molar-refractivity contribution in [1.82, 2.24) is 10.1 Å². The average Bonchev–Trinajstić information content (AvgIpc) is 3.38. The van der Waals surface area contributed by atoms with Gasteiger partial charge in [-0.25, -0.2) is 0 Å². The Morgan fingerprint density at radius 3 is 2.79 bits per heavy atom. The van der Waals surface area contributed by atoms with Gasteiger partial charge in [0.15, 0.2) is 11.5 Å². The quantitative estimate of drug-likeness (QED) is 0.291. The Morgan fingerprint density at radius 1 is 1.14 bits per heavy atom. The number of nitro groups is 1. The summed E-state index contributed by atoms with van der Waals surface area (Å²) >= 11 is 0. The van der Waals surface area contributed by atoms with Crippen LogP contribution < -0.4 is 10.5 Å². The van der Waals surface area contributed by atoms with E-state index in [1.54, 1.807) is 30.3 Å². The topological polar surface area (TPSA) is 130 Å². The zero-order valence-corrected chi connectivity index (χ0v) is 15.4. The fraction of sp³-hybridized carbons (Fsp3) is 0.100. The Balaban J connectivity index is 1.51. The van der Waals surface area contributed by atoms with E-state index in [1.807, 2.05) is 19.1 Å². The first kappa shape index (κ1) is 18.2. The van der Waals surface area contributed by atoms with Gasteiger partial charge in [0.25, 0.3) is 5.89 Å². The summed E-state index contributed by atoms with van der Waals surface area (Å²) in [6.07, 6.45) is 0. The lowest BCUT2D eigenvalue weighted by Crippen LogP contribution is -1.97. The second-order valence-corrected chi connectivity index (χ2v) is 6.22. The van der Waals surface area contributed by atoms with Crippen molar-refractivity contribution < 1.29 is 18.6 Å². The number of hydrogen-bond donors (Lipinski definition) is 1. The van der Waals surface area contributed by atoms with E-state index in [4.69, 9.17) is 19.4 Å². The highest BCUT2D eigenvalue weighted by molar-refractivity contribution is 5.68. The summed E-state index contributed by atoms with van der Waals surface area (Å²) in [6.45, 7) is 1.89. The lowest BCUT2D eigenvalue weighted by atomic mass is 10.1. The molecule has 2 heterocycles. The molecule has 146 valence electrons. The van der Waals surface area contributed by atoms with E-state index in [9.17, 15) is 10.1 Å². The van der Waals surface area contributed by atoms with E-state index in [0.29, 0.717) is 23.0 Å². The number of nitro benzene ring substituents is 1. The smallest absolute Gasteiger partial charge is 0.310 e. The van der Waals surface area contributed by atoms with Crippen molar-refractivity contribution in [2.24, 2.45) is 0 Å². The number of anilines is 1. The number of rotatable bonds is 6. The van der Waals surface area contributed by atoms with Gasteiger partial charge in [0.2, 0.25) is 5.82 Å². The van der Waals surface area contributed by atoms with Crippen LogP contribution in [0.2, 0.25) is 0 Å². The van der Waals surface area contributed by atoms with E-state index in [0.717, 1.165) is 11.1 Å². The van der Waals surface area contributed by atoms with E-state index in [2.05, 4.69) is 10.1 Å². The summed E-state index contributed by atoms with van der Waals surface area (Å²) in [5, 5.41) is 15.0. The summed E-state index contributed by atoms with van der Waals surface area (Å²) in [7, 11) is 0. The highest BCUT2D eigenvalue weighted by Gasteiger charge is 2.18. The molecule has 0 atom stereocenters. The van der Waals surface area contributed by atoms with E-state index in [-0.39, 0.29) is 23.9 Å². The summed E-state index contributed by atoms with van der Waals surface area (Å²) in [4.78, 5) is 14.9. The monoisotopic (exact) mass is 392 g/mol. The average molecular weight is 392 g/mol. The molecular weight excluding hydrogens is 376 g/mol. The third-order valence-electron chi connectivity index (χ3n) is 4.35. The number of aromatic nitrogens is 2. The maximum Gasteiger partial charge on any atom is 0.310 e. The van der Waals surface area contributed by atoms with Crippen molar-refractivity contribution in [2.45, 2.75) is 13.5 Å². The summed E-state index contributed by atoms with van der Waals surface area (Å²) in [5.41, 5.74) is 8.09. The van der Waals surface area contributed by atoms with Gasteiger partial charge in [0.05, 0.1) is 4.92 Å². The minimum Gasteiger partial charge on any atom is -0.479 e. The Bertz CT molecular complexity index is 1180. The zero-order chi connectivity index (χ0) is 20.4. The standard InChI is InChI=1S/C20H16N4O5/c1-12-14(5-4-6-15(12)21)19-22-20(29-23-19)18-10-9-13(28-18)11-27-17-8-3-2-7-16(17)24(25)26/h2-10H,11,21H2,1H3. The molecule has 4 rings (SSSR count). The van der Waals surface area contributed by atoms with Crippen molar-refractivity contribution in [1.29, 1.82) is 0 Å². The third-order valence-corrected chi connectivity index (χ3v) is 4.35. The lowest BCUT2D eigenvalue weighted by molar-refractivity contribution is -0.386. The zero-order valence-electron chi connectivity index (χ0n) is 15.4. The molecule has 0 aliphatic heterocycles. The van der Waals surface area contributed by atoms with Crippen LogP contribution in [0, 0.1) is 17.0 Å². The van der Waals surface area contributed by atoms with Crippen molar-refractivity contribution >= 4 is 11.4 Å². The van der Waals surface area contributed by atoms with Gasteiger partial charge >= 0.3 is 5.69 Å². The third kappa shape index (κ3) is 3.65. The number of para-hydroxylation sites is 2. The first-order valence-corrected chi connectivity index (χ1v) is 8.67. The number of hydrogen-bond acceptors (Lipinski definition) is 8. The van der Waals surface area contributed by atoms with Crippen molar-refractivity contribution in [3.05, 3.63) is 76.0 Å². The first-order chi connectivity index (χ1) is 14.0. The first-order valence-electron chi connectivity index (χ1n) is 8.67. The van der Waals surface area contributed by atoms with E-state index >= 15 is 0 Å². The minimum absolute atomic E-state index is 0.0141. The number of nitrogens with two attached hydrogens (primary N) is 1. The van der Waals surface area contributed by atoms with Crippen molar-refractivity contribution in [3.8, 4) is 28.8 Å². The second kappa shape index (κ2) is 7.47. The fourth-order valence-corrected chi connectivity index (χ4v) is 2.78. The van der Waals surface area contributed by atoms with Crippen molar-refractivity contribution in [3.63, 3.8) is 0 Å². The predicted octanol–water partition coefficient (Wildman–Crippen LogP) is 4.37. The van der Waals surface area contributed by atoms with Gasteiger partial charge in [0.1, 0.15) is 12.4 Å². The molecule has 9 heteroatoms. The maximum absolute atomic E-state index is 11.1. The molecule has 0 saturated heterocycles. The van der Waals surface area contributed by atoms with Crippen LogP contribution in [-0.4, -0.2) is 15.1 Å². The van der Waals surface area contributed by atoms with Crippen LogP contribution in [0.4, 0.5) is 11.4 Å². The van der Waals surface area contributed by atoms with Crippen LogP contribution in [0.3, 0.4) is 0 Å². The molecule has 0 unspecified atom stereocenters. The van der Waals surface area contributed by atoms with Gasteiger partial charge in [-0.3, -0.25) is 10.1 Å². The van der Waals surface area contributed by atoms with Crippen LogP contribution in [0.15, 0.2) is 63.5 Å². The number of furan rings is 1. The van der Waals surface area contributed by atoms with E-state index in [1.165, 1.54) is 12.1 Å². The molecule has 0 aliphatic carbocycles. The van der Waals surface area contributed by atoms with Gasteiger partial charge in [-0.05, 0) is 36.8 Å². The molecule has 29 heavy (non-hydrogen) atoms. The second-order valence-electron chi connectivity index (χ2n) is 6.22. The Hall–Kier alpha value is -4.14. The van der Waals surface area contributed by atoms with Gasteiger partial charge in [-0.15, -0.1) is 0 Å². The van der Waals surface area contributed by atoms with Gasteiger partial charge in [0, 0.05) is 17.3 Å². The minimum atomic E-state index is -0.499. The van der Waals surface area contributed by atoms with Crippen molar-refractivity contribution in [2.75, 3.05) is 5.73 Å². The predicted molar refractivity (Wildman–Crippen MR) is 104 cm³/mol. The maximum atomic E-state index is 11.1. The molecule has 0 amide bonds. The Kier molecular flexibility index (Phi) is 4.70. The highest BCUT2D eigenvalue weighted by atomic mass is 16.6. The SMILES string of the molecule is Cc1c(N)cccc1-c1noc(-c2ccc(COc3ccccc3[N+](=O)[O-])o2)n1. The van der Waals surface area contributed by atoms with Gasteiger partial charge in [-0.2, -0.15) is 4.98 Å². The molecule has 2 aromatic heterocycles. The molecule has 0 aliphatic rings. The normalized spacial score (nSPS) is 10.8. The molecule has 9 nitrogen and oxygen atoms in total.